The number of anilines is 3. The molecular weight excluding hydrogens is 276 g/mol. The van der Waals surface area contributed by atoms with Crippen LogP contribution in [0.2, 0.25) is 0 Å². The summed E-state index contributed by atoms with van der Waals surface area (Å²) in [5.74, 6) is 0.806. The molecule has 2 aromatic rings. The summed E-state index contributed by atoms with van der Waals surface area (Å²) >= 11 is 0. The largest absolute Gasteiger partial charge is 0.393 e. The van der Waals surface area contributed by atoms with Crippen molar-refractivity contribution in [1.82, 2.24) is 9.97 Å². The SMILES string of the molecule is OC1CCN(c2ncc3c(n2)CCN3c2ccccc2)CC1. The highest BCUT2D eigenvalue weighted by molar-refractivity contribution is 5.68. The van der Waals surface area contributed by atoms with Gasteiger partial charge in [0.25, 0.3) is 0 Å². The van der Waals surface area contributed by atoms with E-state index < -0.39 is 0 Å². The minimum Gasteiger partial charge on any atom is -0.393 e. The van der Waals surface area contributed by atoms with Crippen molar-refractivity contribution in [3.63, 3.8) is 0 Å². The van der Waals surface area contributed by atoms with Crippen molar-refractivity contribution in [1.29, 1.82) is 0 Å². The topological polar surface area (TPSA) is 52.5 Å². The fourth-order valence-corrected chi connectivity index (χ4v) is 3.24. The van der Waals surface area contributed by atoms with Crippen LogP contribution in [0.25, 0.3) is 0 Å². The van der Waals surface area contributed by atoms with Gasteiger partial charge < -0.3 is 14.9 Å². The van der Waals surface area contributed by atoms with Crippen LogP contribution < -0.4 is 9.80 Å². The molecule has 0 unspecified atom stereocenters. The maximum atomic E-state index is 9.62. The van der Waals surface area contributed by atoms with Crippen molar-refractivity contribution >= 4 is 17.3 Å². The van der Waals surface area contributed by atoms with Crippen molar-refractivity contribution in [2.75, 3.05) is 29.4 Å². The van der Waals surface area contributed by atoms with Crippen LogP contribution in [0.4, 0.5) is 17.3 Å². The average Bonchev–Trinajstić information content (AvgIpc) is 2.99. The lowest BCUT2D eigenvalue weighted by Gasteiger charge is -2.29. The second-order valence-electron chi connectivity index (χ2n) is 5.96. The molecule has 1 aromatic heterocycles. The predicted octanol–water partition coefficient (Wildman–Crippen LogP) is 2.13. The van der Waals surface area contributed by atoms with E-state index in [0.717, 1.165) is 56.2 Å². The zero-order valence-corrected chi connectivity index (χ0v) is 12.5. The lowest BCUT2D eigenvalue weighted by Crippen LogP contribution is -2.36. The Hall–Kier alpha value is -2.14. The summed E-state index contributed by atoms with van der Waals surface area (Å²) in [6, 6.07) is 10.4. The van der Waals surface area contributed by atoms with Crippen LogP contribution >= 0.6 is 0 Å². The summed E-state index contributed by atoms with van der Waals surface area (Å²) in [5, 5.41) is 9.62. The average molecular weight is 296 g/mol. The van der Waals surface area contributed by atoms with Crippen LogP contribution in [0, 0.1) is 0 Å². The van der Waals surface area contributed by atoms with Gasteiger partial charge in [0.1, 0.15) is 0 Å². The van der Waals surface area contributed by atoms with E-state index >= 15 is 0 Å². The Labute approximate surface area is 130 Å². The number of piperidine rings is 1. The second kappa shape index (κ2) is 5.57. The molecule has 1 fully saturated rings. The summed E-state index contributed by atoms with van der Waals surface area (Å²) in [4.78, 5) is 13.8. The van der Waals surface area contributed by atoms with Crippen molar-refractivity contribution in [2.24, 2.45) is 0 Å². The zero-order chi connectivity index (χ0) is 14.9. The third kappa shape index (κ3) is 2.41. The Morgan fingerprint density at radius 1 is 1.05 bits per heavy atom. The quantitative estimate of drug-likeness (QED) is 0.920. The Morgan fingerprint density at radius 2 is 1.82 bits per heavy atom. The molecule has 4 rings (SSSR count). The molecule has 0 amide bonds. The fourth-order valence-electron chi connectivity index (χ4n) is 3.24. The van der Waals surface area contributed by atoms with Crippen molar-refractivity contribution in [3.05, 3.63) is 42.2 Å². The van der Waals surface area contributed by atoms with E-state index in [1.54, 1.807) is 0 Å². The van der Waals surface area contributed by atoms with Crippen molar-refractivity contribution in [3.8, 4) is 0 Å². The van der Waals surface area contributed by atoms with Crippen LogP contribution in [0.3, 0.4) is 0 Å². The maximum Gasteiger partial charge on any atom is 0.225 e. The summed E-state index contributed by atoms with van der Waals surface area (Å²) in [7, 11) is 0. The minimum atomic E-state index is -0.167. The Bertz CT molecular complexity index is 653. The first kappa shape index (κ1) is 13.5. The van der Waals surface area contributed by atoms with Gasteiger partial charge in [-0.25, -0.2) is 9.97 Å². The monoisotopic (exact) mass is 296 g/mol. The summed E-state index contributed by atoms with van der Waals surface area (Å²) in [5.41, 5.74) is 3.44. The molecule has 2 aliphatic heterocycles. The molecule has 5 nitrogen and oxygen atoms in total. The molecule has 0 bridgehead atoms. The number of aromatic nitrogens is 2. The van der Waals surface area contributed by atoms with Gasteiger partial charge in [-0.15, -0.1) is 0 Å². The molecule has 0 radical (unpaired) electrons. The van der Waals surface area contributed by atoms with Gasteiger partial charge in [0.05, 0.1) is 23.7 Å². The summed E-state index contributed by atoms with van der Waals surface area (Å²) in [6.45, 7) is 2.63. The number of benzene rings is 1. The molecule has 0 atom stereocenters. The lowest BCUT2D eigenvalue weighted by atomic mass is 10.1. The van der Waals surface area contributed by atoms with Crippen LogP contribution in [-0.2, 0) is 6.42 Å². The molecule has 0 spiro atoms. The van der Waals surface area contributed by atoms with Gasteiger partial charge in [0.15, 0.2) is 0 Å². The van der Waals surface area contributed by atoms with E-state index in [2.05, 4.69) is 39.0 Å². The van der Waals surface area contributed by atoms with E-state index in [4.69, 9.17) is 4.98 Å². The molecule has 3 heterocycles. The van der Waals surface area contributed by atoms with Crippen LogP contribution in [0.15, 0.2) is 36.5 Å². The van der Waals surface area contributed by atoms with Crippen LogP contribution in [-0.4, -0.2) is 40.8 Å². The number of aliphatic hydroxyl groups excluding tert-OH is 1. The van der Waals surface area contributed by atoms with Crippen molar-refractivity contribution < 1.29 is 5.11 Å². The van der Waals surface area contributed by atoms with Crippen molar-refractivity contribution in [2.45, 2.75) is 25.4 Å². The molecule has 1 saturated heterocycles. The van der Waals surface area contributed by atoms with Gasteiger partial charge in [-0.2, -0.15) is 0 Å². The van der Waals surface area contributed by atoms with Gasteiger partial charge in [0, 0.05) is 31.7 Å². The maximum absolute atomic E-state index is 9.62. The highest BCUT2D eigenvalue weighted by atomic mass is 16.3. The molecule has 0 saturated carbocycles. The highest BCUT2D eigenvalue weighted by Crippen LogP contribution is 2.33. The number of aliphatic hydroxyl groups is 1. The smallest absolute Gasteiger partial charge is 0.225 e. The number of hydrogen-bond donors (Lipinski definition) is 1. The number of fused-ring (bicyclic) bond motifs is 1. The molecule has 114 valence electrons. The van der Waals surface area contributed by atoms with E-state index in [1.165, 1.54) is 5.69 Å². The van der Waals surface area contributed by atoms with Crippen LogP contribution in [0.1, 0.15) is 18.5 Å². The van der Waals surface area contributed by atoms with Gasteiger partial charge in [-0.05, 0) is 25.0 Å². The Balaban J connectivity index is 1.58. The van der Waals surface area contributed by atoms with E-state index in [0.29, 0.717) is 0 Å². The first-order valence-electron chi connectivity index (χ1n) is 7.93. The zero-order valence-electron chi connectivity index (χ0n) is 12.5. The molecular formula is C17H20N4O. The van der Waals surface area contributed by atoms with Gasteiger partial charge >= 0.3 is 0 Å². The third-order valence-electron chi connectivity index (χ3n) is 4.51. The number of nitrogens with zero attached hydrogens (tertiary/aromatic N) is 4. The molecule has 1 N–H and O–H groups in total. The Kier molecular flexibility index (Phi) is 3.42. The third-order valence-corrected chi connectivity index (χ3v) is 4.51. The van der Waals surface area contributed by atoms with E-state index in [-0.39, 0.29) is 6.10 Å². The lowest BCUT2D eigenvalue weighted by molar-refractivity contribution is 0.145. The summed E-state index contributed by atoms with van der Waals surface area (Å²) < 4.78 is 0. The number of rotatable bonds is 2. The van der Waals surface area contributed by atoms with Crippen LogP contribution in [0.5, 0.6) is 0 Å². The van der Waals surface area contributed by atoms with Gasteiger partial charge in [-0.3, -0.25) is 0 Å². The van der Waals surface area contributed by atoms with E-state index in [1.807, 2.05) is 12.3 Å². The van der Waals surface area contributed by atoms with Gasteiger partial charge in [-0.1, -0.05) is 18.2 Å². The normalized spacial score (nSPS) is 18.6. The molecule has 0 aliphatic carbocycles. The predicted molar refractivity (Wildman–Crippen MR) is 86.6 cm³/mol. The van der Waals surface area contributed by atoms with E-state index in [9.17, 15) is 5.11 Å². The number of hydrogen-bond acceptors (Lipinski definition) is 5. The number of para-hydroxylation sites is 1. The molecule has 22 heavy (non-hydrogen) atoms. The fraction of sp³-hybridized carbons (Fsp3) is 0.412. The summed E-state index contributed by atoms with van der Waals surface area (Å²) in [6.07, 6.45) is 4.34. The first-order chi connectivity index (χ1) is 10.8. The first-order valence-corrected chi connectivity index (χ1v) is 7.93. The van der Waals surface area contributed by atoms with Gasteiger partial charge in [0.2, 0.25) is 5.95 Å². The molecule has 5 heteroatoms. The Morgan fingerprint density at radius 3 is 2.59 bits per heavy atom. The standard InChI is InChI=1S/C17H20N4O/c22-14-6-9-20(10-7-14)17-18-12-16-15(19-17)8-11-21(16)13-4-2-1-3-5-13/h1-5,12,14,22H,6-11H2. The minimum absolute atomic E-state index is 0.167. The second-order valence-corrected chi connectivity index (χ2v) is 5.96. The highest BCUT2D eigenvalue weighted by Gasteiger charge is 2.25. The molecule has 2 aliphatic rings. The molecule has 1 aromatic carbocycles.